The van der Waals surface area contributed by atoms with Crippen LogP contribution in [0.2, 0.25) is 0 Å². The number of carboxylic acid groups (broad SMARTS) is 1. The number of nitrogens with one attached hydrogen (secondary N) is 1. The van der Waals surface area contributed by atoms with E-state index in [0.717, 1.165) is 0 Å². The predicted molar refractivity (Wildman–Crippen MR) is 104 cm³/mol. The fraction of sp³-hybridized carbons (Fsp3) is 0.550. The van der Waals surface area contributed by atoms with Crippen LogP contribution in [0.1, 0.15) is 62.5 Å². The molecule has 9 heteroatoms. The molecule has 2 aliphatic rings. The Labute approximate surface area is 169 Å². The van der Waals surface area contributed by atoms with Crippen LogP contribution in [-0.2, 0) is 14.3 Å². The van der Waals surface area contributed by atoms with Gasteiger partial charge >= 0.3 is 5.97 Å². The molecule has 2 atom stereocenters. The summed E-state index contributed by atoms with van der Waals surface area (Å²) >= 11 is 0. The highest BCUT2D eigenvalue weighted by atomic mass is 16.5. The zero-order valence-corrected chi connectivity index (χ0v) is 17.2. The maximum atomic E-state index is 12.4. The summed E-state index contributed by atoms with van der Waals surface area (Å²) in [7, 11) is 0. The Morgan fingerprint density at radius 1 is 1.34 bits per heavy atom. The van der Waals surface area contributed by atoms with Crippen LogP contribution >= 0.6 is 0 Å². The molecular weight excluding hydrogens is 376 g/mol. The van der Waals surface area contributed by atoms with E-state index in [1.807, 2.05) is 13.8 Å². The van der Waals surface area contributed by atoms with Crippen molar-refractivity contribution in [2.45, 2.75) is 46.4 Å². The smallest absolute Gasteiger partial charge is 0.338 e. The minimum Gasteiger partial charge on any atom is -0.478 e. The molecule has 0 aliphatic carbocycles. The molecule has 156 valence electrons. The van der Waals surface area contributed by atoms with Gasteiger partial charge in [0.1, 0.15) is 11.2 Å². The van der Waals surface area contributed by atoms with Gasteiger partial charge in [0.05, 0.1) is 12.2 Å². The molecule has 0 aromatic carbocycles. The molecule has 9 nitrogen and oxygen atoms in total. The molecule has 2 amide bonds. The lowest BCUT2D eigenvalue weighted by Gasteiger charge is -2.25. The Hall–Kier alpha value is -2.81. The van der Waals surface area contributed by atoms with Crippen LogP contribution in [0.15, 0.2) is 17.3 Å². The van der Waals surface area contributed by atoms with Gasteiger partial charge in [-0.2, -0.15) is 0 Å². The Balaban J connectivity index is 2.00. The maximum absolute atomic E-state index is 12.4. The van der Waals surface area contributed by atoms with Gasteiger partial charge in [-0.3, -0.25) is 14.6 Å². The number of aromatic carboxylic acids is 1. The topological polar surface area (TPSA) is 121 Å². The van der Waals surface area contributed by atoms with Gasteiger partial charge in [0.15, 0.2) is 12.1 Å². The Kier molecular flexibility index (Phi) is 5.44. The van der Waals surface area contributed by atoms with E-state index >= 15 is 0 Å². The maximum Gasteiger partial charge on any atom is 0.338 e. The summed E-state index contributed by atoms with van der Waals surface area (Å²) in [5.41, 5.74) is -0.546. The molecular formula is C20H26N4O5. The molecule has 0 radical (unpaired) electrons. The summed E-state index contributed by atoms with van der Waals surface area (Å²) < 4.78 is 5.68. The van der Waals surface area contributed by atoms with E-state index in [2.05, 4.69) is 15.3 Å². The number of carbonyl (C=O) groups is 3. The molecule has 2 aliphatic heterocycles. The first-order valence-corrected chi connectivity index (χ1v) is 9.63. The normalized spacial score (nSPS) is 24.2. The molecule has 1 aromatic heterocycles. The highest BCUT2D eigenvalue weighted by molar-refractivity contribution is 6.17. The molecule has 1 fully saturated rings. The number of carboxylic acids is 1. The summed E-state index contributed by atoms with van der Waals surface area (Å²) in [6, 6.07) is 1.43. The first kappa shape index (κ1) is 20.9. The van der Waals surface area contributed by atoms with Crippen molar-refractivity contribution in [3.63, 3.8) is 0 Å². The molecule has 2 unspecified atom stereocenters. The highest BCUT2D eigenvalue weighted by Gasteiger charge is 2.43. The number of amides is 2. The quantitative estimate of drug-likeness (QED) is 0.771. The first-order chi connectivity index (χ1) is 13.6. The van der Waals surface area contributed by atoms with Crippen molar-refractivity contribution in [1.82, 2.24) is 15.2 Å². The van der Waals surface area contributed by atoms with E-state index in [-0.39, 0.29) is 40.7 Å². The van der Waals surface area contributed by atoms with Gasteiger partial charge in [0.25, 0.3) is 5.91 Å². The van der Waals surface area contributed by atoms with Gasteiger partial charge in [-0.05, 0) is 18.9 Å². The molecule has 0 saturated carbocycles. The fourth-order valence-electron chi connectivity index (χ4n) is 3.32. The Morgan fingerprint density at radius 2 is 2.03 bits per heavy atom. The number of hydrogen-bond donors (Lipinski definition) is 2. The van der Waals surface area contributed by atoms with Crippen LogP contribution in [0.25, 0.3) is 0 Å². The van der Waals surface area contributed by atoms with Crippen molar-refractivity contribution in [2.75, 3.05) is 13.2 Å². The number of hydrogen-bond acceptors (Lipinski definition) is 6. The van der Waals surface area contributed by atoms with Crippen LogP contribution in [-0.4, -0.2) is 57.3 Å². The summed E-state index contributed by atoms with van der Waals surface area (Å²) in [6.07, 6.45) is 0.781. The number of ether oxygens (including phenoxy) is 1. The standard InChI is InChI=1S/C20H26N4O5/c1-10(2)16(25)24-6-7-29-17(24)12-8-13(18(26)27)14(21-9-12)15-22-19(28)20(5,23-15)11(3)4/h8-11,17H,6-7H2,1-5H3,(H,26,27)(H,22,23,28). The number of pyridine rings is 1. The number of nitrogens with zero attached hydrogens (tertiary/aromatic N) is 3. The van der Waals surface area contributed by atoms with E-state index in [1.165, 1.54) is 12.3 Å². The number of aliphatic imine (C=N–C) groups is 1. The third-order valence-electron chi connectivity index (χ3n) is 5.48. The first-order valence-electron chi connectivity index (χ1n) is 9.63. The Bertz CT molecular complexity index is 895. The minimum absolute atomic E-state index is 0.0740. The Morgan fingerprint density at radius 3 is 2.59 bits per heavy atom. The minimum atomic E-state index is -1.20. The third-order valence-corrected chi connectivity index (χ3v) is 5.48. The van der Waals surface area contributed by atoms with Crippen LogP contribution in [0.4, 0.5) is 0 Å². The van der Waals surface area contributed by atoms with Crippen LogP contribution in [0.5, 0.6) is 0 Å². The van der Waals surface area contributed by atoms with Gasteiger partial charge in [-0.1, -0.05) is 27.7 Å². The number of amidine groups is 1. The molecule has 1 saturated heterocycles. The van der Waals surface area contributed by atoms with Gasteiger partial charge in [0.2, 0.25) is 5.91 Å². The van der Waals surface area contributed by atoms with Gasteiger partial charge in [-0.25, -0.2) is 9.79 Å². The molecule has 3 rings (SSSR count). The van der Waals surface area contributed by atoms with Crippen molar-refractivity contribution in [2.24, 2.45) is 16.8 Å². The third kappa shape index (κ3) is 3.62. The van der Waals surface area contributed by atoms with Crippen LogP contribution in [0.3, 0.4) is 0 Å². The lowest BCUT2D eigenvalue weighted by atomic mass is 9.89. The van der Waals surface area contributed by atoms with E-state index in [1.54, 1.807) is 25.7 Å². The van der Waals surface area contributed by atoms with E-state index < -0.39 is 17.7 Å². The van der Waals surface area contributed by atoms with Crippen LogP contribution < -0.4 is 5.32 Å². The molecule has 1 aromatic rings. The van der Waals surface area contributed by atoms with Gasteiger partial charge < -0.3 is 20.1 Å². The molecule has 29 heavy (non-hydrogen) atoms. The predicted octanol–water partition coefficient (Wildman–Crippen LogP) is 1.58. The average Bonchev–Trinajstić information content (AvgIpc) is 3.26. The second-order valence-electron chi connectivity index (χ2n) is 8.10. The largest absolute Gasteiger partial charge is 0.478 e. The second kappa shape index (κ2) is 7.55. The van der Waals surface area contributed by atoms with Crippen molar-refractivity contribution in [3.05, 3.63) is 29.1 Å². The summed E-state index contributed by atoms with van der Waals surface area (Å²) in [5, 5.41) is 12.4. The molecule has 0 bridgehead atoms. The summed E-state index contributed by atoms with van der Waals surface area (Å²) in [6.45, 7) is 9.85. The second-order valence-corrected chi connectivity index (χ2v) is 8.10. The summed E-state index contributed by atoms with van der Waals surface area (Å²) in [4.78, 5) is 47.1. The lowest BCUT2D eigenvalue weighted by Crippen LogP contribution is -2.41. The SMILES string of the molecule is CC(C)C(=O)N1CCOC1c1cnc(C2=NC(C)(C(C)C)C(=O)N2)c(C(=O)O)c1. The molecule has 3 heterocycles. The lowest BCUT2D eigenvalue weighted by molar-refractivity contribution is -0.139. The molecule has 2 N–H and O–H groups in total. The number of aromatic nitrogens is 1. The zero-order chi connectivity index (χ0) is 21.5. The van der Waals surface area contributed by atoms with Gasteiger partial charge in [0, 0.05) is 24.2 Å². The monoisotopic (exact) mass is 402 g/mol. The average molecular weight is 402 g/mol. The number of rotatable bonds is 5. The fourth-order valence-corrected chi connectivity index (χ4v) is 3.32. The van der Waals surface area contributed by atoms with E-state index in [4.69, 9.17) is 4.74 Å². The van der Waals surface area contributed by atoms with Crippen molar-refractivity contribution >= 4 is 23.6 Å². The molecule has 0 spiro atoms. The van der Waals surface area contributed by atoms with Crippen LogP contribution in [0, 0.1) is 11.8 Å². The number of carbonyl (C=O) groups excluding carboxylic acids is 2. The van der Waals surface area contributed by atoms with E-state index in [9.17, 15) is 19.5 Å². The highest BCUT2D eigenvalue weighted by Crippen LogP contribution is 2.31. The van der Waals surface area contributed by atoms with Crippen molar-refractivity contribution in [3.8, 4) is 0 Å². The van der Waals surface area contributed by atoms with Crippen molar-refractivity contribution in [1.29, 1.82) is 0 Å². The van der Waals surface area contributed by atoms with E-state index in [0.29, 0.717) is 18.7 Å². The van der Waals surface area contributed by atoms with Crippen molar-refractivity contribution < 1.29 is 24.2 Å². The zero-order valence-electron chi connectivity index (χ0n) is 17.2. The summed E-state index contributed by atoms with van der Waals surface area (Å²) in [5.74, 6) is -1.72. The van der Waals surface area contributed by atoms with Gasteiger partial charge in [-0.15, -0.1) is 0 Å².